The van der Waals surface area contributed by atoms with E-state index in [-0.39, 0.29) is 29.8 Å². The number of hydrogen-bond acceptors (Lipinski definition) is 2. The van der Waals surface area contributed by atoms with E-state index in [1.54, 1.807) is 6.92 Å². The summed E-state index contributed by atoms with van der Waals surface area (Å²) in [5.41, 5.74) is 0.152. The van der Waals surface area contributed by atoms with Crippen molar-refractivity contribution in [3.05, 3.63) is 23.3 Å². The van der Waals surface area contributed by atoms with Gasteiger partial charge in [0.2, 0.25) is 0 Å². The van der Waals surface area contributed by atoms with Crippen LogP contribution < -0.4 is 0 Å². The van der Waals surface area contributed by atoms with Gasteiger partial charge in [-0.1, -0.05) is 12.2 Å². The molecule has 0 radical (unpaired) electrons. The molecule has 0 unspecified atom stereocenters. The molecule has 0 rings (SSSR count). The fourth-order valence-electron chi connectivity index (χ4n) is 0.916. The van der Waals surface area contributed by atoms with E-state index in [1.165, 1.54) is 20.8 Å². The molecule has 1 nitrogen and oxygen atoms in total. The molecule has 0 heterocycles. The molecule has 0 fully saturated rings. The van der Waals surface area contributed by atoms with E-state index in [0.717, 1.165) is 4.86 Å². The first-order chi connectivity index (χ1) is 9.07. The number of thiocarbonyl (C=S) groups is 1. The molecule has 0 amide bonds. The van der Waals surface area contributed by atoms with Gasteiger partial charge in [0.1, 0.15) is 5.78 Å². The van der Waals surface area contributed by atoms with E-state index in [4.69, 9.17) is 12.2 Å². The van der Waals surface area contributed by atoms with Crippen molar-refractivity contribution in [2.24, 2.45) is 0 Å². The monoisotopic (exact) mass is 312 g/mol. The van der Waals surface area contributed by atoms with Crippen LogP contribution in [0.15, 0.2) is 23.3 Å². The quantitative estimate of drug-likeness (QED) is 0.452. The minimum atomic E-state index is -1.67. The van der Waals surface area contributed by atoms with E-state index in [9.17, 15) is 22.4 Å². The summed E-state index contributed by atoms with van der Waals surface area (Å²) in [6, 6.07) is 0. The Hall–Kier alpha value is -1.04. The highest BCUT2D eigenvalue weighted by atomic mass is 32.1. The fourth-order valence-corrected chi connectivity index (χ4v) is 1.02. The van der Waals surface area contributed by atoms with E-state index in [1.807, 2.05) is 0 Å². The maximum Gasteiger partial charge on any atom is 0.269 e. The van der Waals surface area contributed by atoms with Crippen molar-refractivity contribution in [3.8, 4) is 0 Å². The van der Waals surface area contributed by atoms with Crippen molar-refractivity contribution >= 4 is 22.9 Å². The van der Waals surface area contributed by atoms with Crippen LogP contribution in [0.4, 0.5) is 17.6 Å². The Morgan fingerprint density at radius 1 is 0.750 bits per heavy atom. The highest BCUT2D eigenvalue weighted by Gasteiger charge is 2.01. The maximum atomic E-state index is 11.7. The molecule has 0 aliphatic heterocycles. The van der Waals surface area contributed by atoms with Gasteiger partial charge in [-0.2, -0.15) is 17.6 Å². The summed E-state index contributed by atoms with van der Waals surface area (Å²) >= 11 is 4.73. The van der Waals surface area contributed by atoms with Crippen LogP contribution in [0, 0.1) is 0 Å². The number of carbonyl (C=O) groups excluding carboxylic acids is 1. The summed E-state index contributed by atoms with van der Waals surface area (Å²) in [6.07, 6.45) is -1.88. The zero-order chi connectivity index (χ0) is 16.3. The Balaban J connectivity index is 0. The SMILES string of the molecule is CC(=O)CCC(C)=C(F)F.CC(=S)CCC(C)=C(F)F. The Kier molecular flexibility index (Phi) is 12.5. The average molecular weight is 312 g/mol. The van der Waals surface area contributed by atoms with Crippen molar-refractivity contribution in [3.63, 3.8) is 0 Å². The summed E-state index contributed by atoms with van der Waals surface area (Å²) in [5, 5.41) is 0. The van der Waals surface area contributed by atoms with Crippen LogP contribution in [-0.2, 0) is 4.79 Å². The molecule has 0 N–H and O–H groups in total. The molecular formula is C14H20F4OS. The van der Waals surface area contributed by atoms with Crippen molar-refractivity contribution in [1.82, 2.24) is 0 Å². The normalized spacial score (nSPS) is 9.20. The molecule has 0 atom stereocenters. The van der Waals surface area contributed by atoms with E-state index < -0.39 is 12.2 Å². The standard InChI is InChI=1S/C7H10F2O.C7H10F2S/c2*1-5(7(8)9)3-4-6(2)10/h2*3-4H2,1-2H3. The number of allylic oxidation sites excluding steroid dienone is 2. The Morgan fingerprint density at radius 3 is 1.35 bits per heavy atom. The van der Waals surface area contributed by atoms with Gasteiger partial charge in [0.05, 0.1) is 0 Å². The summed E-state index contributed by atoms with van der Waals surface area (Å²) in [7, 11) is 0. The maximum absolute atomic E-state index is 11.7. The van der Waals surface area contributed by atoms with Gasteiger partial charge in [-0.25, -0.2) is 0 Å². The van der Waals surface area contributed by atoms with E-state index in [2.05, 4.69) is 0 Å². The van der Waals surface area contributed by atoms with Crippen molar-refractivity contribution in [2.75, 3.05) is 0 Å². The molecular weight excluding hydrogens is 292 g/mol. The lowest BCUT2D eigenvalue weighted by atomic mass is 10.1. The van der Waals surface area contributed by atoms with Gasteiger partial charge in [-0.05, 0) is 63.0 Å². The summed E-state index contributed by atoms with van der Waals surface area (Å²) < 4.78 is 46.7. The highest BCUT2D eigenvalue weighted by Crippen LogP contribution is 2.13. The van der Waals surface area contributed by atoms with Crippen LogP contribution in [-0.4, -0.2) is 10.6 Å². The zero-order valence-corrected chi connectivity index (χ0v) is 13.0. The van der Waals surface area contributed by atoms with Crippen LogP contribution in [0.25, 0.3) is 0 Å². The number of Topliss-reactive ketones (excluding diaryl/α,β-unsaturated/α-hetero) is 1. The van der Waals surface area contributed by atoms with Crippen molar-refractivity contribution in [1.29, 1.82) is 0 Å². The number of rotatable bonds is 6. The molecule has 6 heteroatoms. The number of ketones is 1. The first-order valence-corrected chi connectivity index (χ1v) is 6.49. The molecule has 0 saturated carbocycles. The van der Waals surface area contributed by atoms with Gasteiger partial charge in [0.25, 0.3) is 12.2 Å². The molecule has 0 bridgehead atoms. The lowest BCUT2D eigenvalue weighted by molar-refractivity contribution is -0.116. The van der Waals surface area contributed by atoms with Crippen LogP contribution in [0.5, 0.6) is 0 Å². The van der Waals surface area contributed by atoms with E-state index in [0.29, 0.717) is 12.8 Å². The van der Waals surface area contributed by atoms with Gasteiger partial charge in [-0.3, -0.25) is 0 Å². The largest absolute Gasteiger partial charge is 0.300 e. The third kappa shape index (κ3) is 15.0. The first kappa shape index (κ1) is 21.3. The van der Waals surface area contributed by atoms with Gasteiger partial charge in [0.15, 0.2) is 0 Å². The predicted octanol–water partition coefficient (Wildman–Crippen LogP) is 5.85. The van der Waals surface area contributed by atoms with Gasteiger partial charge in [-0.15, -0.1) is 0 Å². The summed E-state index contributed by atoms with van der Waals surface area (Å²) in [5.74, 6) is -0.0550. The first-order valence-electron chi connectivity index (χ1n) is 6.08. The highest BCUT2D eigenvalue weighted by molar-refractivity contribution is 7.80. The zero-order valence-electron chi connectivity index (χ0n) is 12.2. The molecule has 0 saturated heterocycles. The van der Waals surface area contributed by atoms with Gasteiger partial charge < -0.3 is 4.79 Å². The number of hydrogen-bond donors (Lipinski definition) is 0. The molecule has 0 aromatic rings. The lowest BCUT2D eigenvalue weighted by Crippen LogP contribution is -1.90. The predicted molar refractivity (Wildman–Crippen MR) is 77.3 cm³/mol. The fraction of sp³-hybridized carbons (Fsp3) is 0.571. The number of halogens is 4. The van der Waals surface area contributed by atoms with Crippen LogP contribution in [0.1, 0.15) is 53.4 Å². The molecule has 0 aromatic carbocycles. The molecule has 0 spiro atoms. The Bertz CT molecular complexity index is 354. The Morgan fingerprint density at radius 2 is 1.10 bits per heavy atom. The van der Waals surface area contributed by atoms with Crippen LogP contribution >= 0.6 is 12.2 Å². The van der Waals surface area contributed by atoms with Gasteiger partial charge in [0, 0.05) is 6.42 Å². The summed E-state index contributed by atoms with van der Waals surface area (Å²) in [4.78, 5) is 11.1. The van der Waals surface area contributed by atoms with E-state index >= 15 is 0 Å². The lowest BCUT2D eigenvalue weighted by Gasteiger charge is -1.96. The smallest absolute Gasteiger partial charge is 0.269 e. The molecule has 20 heavy (non-hydrogen) atoms. The minimum absolute atomic E-state index is 0.00944. The summed E-state index contributed by atoms with van der Waals surface area (Å²) in [6.45, 7) is 5.91. The van der Waals surface area contributed by atoms with Crippen LogP contribution in [0.3, 0.4) is 0 Å². The minimum Gasteiger partial charge on any atom is -0.300 e. The van der Waals surface area contributed by atoms with Gasteiger partial charge >= 0.3 is 0 Å². The molecule has 0 aliphatic carbocycles. The Labute approximate surface area is 122 Å². The van der Waals surface area contributed by atoms with Crippen LogP contribution in [0.2, 0.25) is 0 Å². The second-order valence-electron chi connectivity index (χ2n) is 4.49. The van der Waals surface area contributed by atoms with Crippen molar-refractivity contribution < 1.29 is 22.4 Å². The number of carbonyl (C=O) groups is 1. The third-order valence-electron chi connectivity index (χ3n) is 2.35. The molecule has 0 aromatic heterocycles. The third-order valence-corrected chi connectivity index (χ3v) is 2.55. The molecule has 116 valence electrons. The van der Waals surface area contributed by atoms with Crippen molar-refractivity contribution in [2.45, 2.75) is 53.4 Å². The molecule has 0 aliphatic rings. The average Bonchev–Trinajstić information content (AvgIpc) is 2.33. The topological polar surface area (TPSA) is 17.1 Å². The second-order valence-corrected chi connectivity index (χ2v) is 5.18. The second kappa shape index (κ2) is 11.8.